The summed E-state index contributed by atoms with van der Waals surface area (Å²) in [6, 6.07) is 0. The molecule has 2 atom stereocenters. The first-order chi connectivity index (χ1) is 11.5. The van der Waals surface area contributed by atoms with Gasteiger partial charge in [0.1, 0.15) is 21.3 Å². The summed E-state index contributed by atoms with van der Waals surface area (Å²) in [5, 5.41) is 0.954. The zero-order valence-electron chi connectivity index (χ0n) is 14.8. The molecule has 0 aromatic carbocycles. The maximum Gasteiger partial charge on any atom is 0.348 e. The quantitative estimate of drug-likeness (QED) is 0.794. The number of aryl methyl sites for hydroxylation is 2. The fourth-order valence-electron chi connectivity index (χ4n) is 3.27. The number of carbonyl (C=O) groups excluding carboxylic acids is 1. The summed E-state index contributed by atoms with van der Waals surface area (Å²) in [6.45, 7) is 7.77. The summed E-state index contributed by atoms with van der Waals surface area (Å²) >= 11 is 1.37. The highest BCUT2D eigenvalue weighted by Gasteiger charge is 2.29. The Bertz CT molecular complexity index is 774. The fourth-order valence-corrected chi connectivity index (χ4v) is 4.41. The monoisotopic (exact) mass is 349 g/mol. The number of piperidine rings is 1. The van der Waals surface area contributed by atoms with Crippen LogP contribution >= 0.6 is 11.3 Å². The van der Waals surface area contributed by atoms with E-state index in [1.807, 2.05) is 13.8 Å². The van der Waals surface area contributed by atoms with Gasteiger partial charge in [0.2, 0.25) is 0 Å². The molecule has 3 heterocycles. The average molecular weight is 349 g/mol. The number of hydrogen-bond acceptors (Lipinski definition) is 7. The Labute approximate surface area is 145 Å². The average Bonchev–Trinajstić information content (AvgIpc) is 2.90. The summed E-state index contributed by atoms with van der Waals surface area (Å²) in [5.74, 6) is 1.82. The van der Waals surface area contributed by atoms with Crippen LogP contribution in [0.4, 0.5) is 5.82 Å². The molecule has 0 bridgehead atoms. The molecule has 130 valence electrons. The Morgan fingerprint density at radius 2 is 2.04 bits per heavy atom. The molecular formula is C17H23N3O3S. The second-order valence-electron chi connectivity index (χ2n) is 6.31. The van der Waals surface area contributed by atoms with Gasteiger partial charge in [0, 0.05) is 20.2 Å². The van der Waals surface area contributed by atoms with Crippen LogP contribution in [0.2, 0.25) is 0 Å². The fraction of sp³-hybridized carbons (Fsp3) is 0.588. The van der Waals surface area contributed by atoms with E-state index in [0.717, 1.165) is 41.1 Å². The minimum atomic E-state index is -0.318. The van der Waals surface area contributed by atoms with Gasteiger partial charge >= 0.3 is 5.97 Å². The molecule has 2 aromatic rings. The van der Waals surface area contributed by atoms with Crippen LogP contribution in [-0.2, 0) is 9.47 Å². The minimum Gasteiger partial charge on any atom is -0.465 e. The van der Waals surface area contributed by atoms with Crippen LogP contribution in [0.5, 0.6) is 0 Å². The molecule has 0 aliphatic carbocycles. The smallest absolute Gasteiger partial charge is 0.348 e. The van der Waals surface area contributed by atoms with Crippen molar-refractivity contribution in [3.8, 4) is 0 Å². The normalized spacial score (nSPS) is 21.3. The molecule has 1 fully saturated rings. The van der Waals surface area contributed by atoms with E-state index >= 15 is 0 Å². The van der Waals surface area contributed by atoms with Crippen molar-refractivity contribution >= 4 is 33.3 Å². The zero-order chi connectivity index (χ0) is 17.4. The lowest BCUT2D eigenvalue weighted by Gasteiger charge is -2.37. The van der Waals surface area contributed by atoms with Gasteiger partial charge in [0.05, 0.1) is 18.6 Å². The van der Waals surface area contributed by atoms with Crippen molar-refractivity contribution in [3.05, 3.63) is 16.3 Å². The molecule has 3 rings (SSSR count). The number of thiophene rings is 1. The molecular weight excluding hydrogens is 326 g/mol. The number of rotatable bonds is 3. The topological polar surface area (TPSA) is 64.5 Å². The Hall–Kier alpha value is -1.73. The summed E-state index contributed by atoms with van der Waals surface area (Å²) in [6.07, 6.45) is 1.24. The molecule has 0 radical (unpaired) electrons. The van der Waals surface area contributed by atoms with Crippen LogP contribution in [0.3, 0.4) is 0 Å². The van der Waals surface area contributed by atoms with E-state index in [0.29, 0.717) is 16.6 Å². The Balaban J connectivity index is 2.10. The Kier molecular flexibility index (Phi) is 4.73. The molecule has 0 N–H and O–H groups in total. The Morgan fingerprint density at radius 3 is 2.71 bits per heavy atom. The minimum absolute atomic E-state index is 0.183. The van der Waals surface area contributed by atoms with Crippen LogP contribution in [-0.4, -0.2) is 49.4 Å². The van der Waals surface area contributed by atoms with Crippen molar-refractivity contribution in [2.24, 2.45) is 5.92 Å². The van der Waals surface area contributed by atoms with Crippen molar-refractivity contribution in [2.75, 3.05) is 32.2 Å². The third kappa shape index (κ3) is 2.86. The van der Waals surface area contributed by atoms with Crippen molar-refractivity contribution in [3.63, 3.8) is 0 Å². The molecule has 1 aliphatic rings. The van der Waals surface area contributed by atoms with E-state index in [4.69, 9.17) is 14.5 Å². The van der Waals surface area contributed by atoms with E-state index in [9.17, 15) is 4.79 Å². The predicted octanol–water partition coefficient (Wildman–Crippen LogP) is 2.96. The van der Waals surface area contributed by atoms with Gasteiger partial charge in [-0.25, -0.2) is 14.8 Å². The van der Waals surface area contributed by atoms with E-state index < -0.39 is 0 Å². The van der Waals surface area contributed by atoms with Crippen molar-refractivity contribution in [2.45, 2.75) is 33.3 Å². The van der Waals surface area contributed by atoms with Gasteiger partial charge in [-0.2, -0.15) is 0 Å². The second kappa shape index (κ2) is 6.64. The van der Waals surface area contributed by atoms with E-state index in [1.54, 1.807) is 7.11 Å². The van der Waals surface area contributed by atoms with Gasteiger partial charge in [0.25, 0.3) is 0 Å². The molecule has 0 amide bonds. The van der Waals surface area contributed by atoms with Gasteiger partial charge in [-0.05, 0) is 31.7 Å². The third-order valence-electron chi connectivity index (χ3n) is 4.75. The van der Waals surface area contributed by atoms with Gasteiger partial charge in [-0.1, -0.05) is 6.92 Å². The molecule has 1 saturated heterocycles. The largest absolute Gasteiger partial charge is 0.465 e. The Morgan fingerprint density at radius 1 is 1.29 bits per heavy atom. The number of hydrogen-bond donors (Lipinski definition) is 0. The number of esters is 1. The number of ether oxygens (including phenoxy) is 2. The molecule has 0 saturated carbocycles. The van der Waals surface area contributed by atoms with Gasteiger partial charge in [-0.3, -0.25) is 0 Å². The lowest BCUT2D eigenvalue weighted by atomic mass is 9.95. The molecule has 2 unspecified atom stereocenters. The van der Waals surface area contributed by atoms with Crippen LogP contribution in [0.1, 0.15) is 34.4 Å². The summed E-state index contributed by atoms with van der Waals surface area (Å²) < 4.78 is 10.5. The summed E-state index contributed by atoms with van der Waals surface area (Å²) in [4.78, 5) is 24.9. The zero-order valence-corrected chi connectivity index (χ0v) is 15.6. The molecule has 2 aromatic heterocycles. The highest BCUT2D eigenvalue weighted by Crippen LogP contribution is 2.37. The van der Waals surface area contributed by atoms with Crippen LogP contribution in [0.15, 0.2) is 0 Å². The summed E-state index contributed by atoms with van der Waals surface area (Å²) in [7, 11) is 3.16. The standard InChI is InChI=1S/C17H23N3O3S/c1-9-6-7-20(8-12(9)22-4)15-13-10(2)14(17(21)23-5)24-16(13)19-11(3)18-15/h9,12H,6-8H2,1-5H3. The summed E-state index contributed by atoms with van der Waals surface area (Å²) in [5.41, 5.74) is 0.893. The predicted molar refractivity (Wildman–Crippen MR) is 95.0 cm³/mol. The van der Waals surface area contributed by atoms with E-state index in [-0.39, 0.29) is 12.1 Å². The van der Waals surface area contributed by atoms with Crippen molar-refractivity contribution in [1.82, 2.24) is 9.97 Å². The van der Waals surface area contributed by atoms with Crippen LogP contribution in [0.25, 0.3) is 10.2 Å². The molecule has 7 heteroatoms. The lowest BCUT2D eigenvalue weighted by Crippen LogP contribution is -2.44. The first-order valence-electron chi connectivity index (χ1n) is 8.10. The molecule has 1 aliphatic heterocycles. The maximum atomic E-state index is 12.0. The highest BCUT2D eigenvalue weighted by atomic mass is 32.1. The van der Waals surface area contributed by atoms with Crippen LogP contribution < -0.4 is 4.90 Å². The number of nitrogens with zero attached hydrogens (tertiary/aromatic N) is 3. The van der Waals surface area contributed by atoms with Crippen LogP contribution in [0, 0.1) is 19.8 Å². The van der Waals surface area contributed by atoms with Crippen molar-refractivity contribution in [1.29, 1.82) is 0 Å². The van der Waals surface area contributed by atoms with Gasteiger partial charge in [-0.15, -0.1) is 11.3 Å². The SMILES string of the molecule is COC(=O)c1sc2nc(C)nc(N3CCC(C)C(OC)C3)c2c1C. The molecule has 0 spiro atoms. The van der Waals surface area contributed by atoms with Gasteiger partial charge in [0.15, 0.2) is 0 Å². The molecule has 24 heavy (non-hydrogen) atoms. The lowest BCUT2D eigenvalue weighted by molar-refractivity contribution is 0.0497. The number of fused-ring (bicyclic) bond motifs is 1. The second-order valence-corrected chi connectivity index (χ2v) is 7.31. The highest BCUT2D eigenvalue weighted by molar-refractivity contribution is 7.20. The number of carbonyl (C=O) groups is 1. The third-order valence-corrected chi connectivity index (χ3v) is 5.91. The molecule has 6 nitrogen and oxygen atoms in total. The number of methoxy groups -OCH3 is 2. The number of anilines is 1. The van der Waals surface area contributed by atoms with E-state index in [2.05, 4.69) is 16.8 Å². The number of aromatic nitrogens is 2. The van der Waals surface area contributed by atoms with Gasteiger partial charge < -0.3 is 14.4 Å². The first-order valence-corrected chi connectivity index (χ1v) is 8.91. The van der Waals surface area contributed by atoms with Crippen molar-refractivity contribution < 1.29 is 14.3 Å². The van der Waals surface area contributed by atoms with E-state index in [1.165, 1.54) is 18.4 Å². The first kappa shape index (κ1) is 17.1. The maximum absolute atomic E-state index is 12.0.